The molecule has 9 heteroatoms. The van der Waals surface area contributed by atoms with E-state index in [1.165, 1.54) is 30.5 Å². The highest BCUT2D eigenvalue weighted by Gasteiger charge is 2.07. The molecule has 0 aliphatic rings. The molecule has 122 valence electrons. The molecule has 0 aliphatic heterocycles. The van der Waals surface area contributed by atoms with Gasteiger partial charge in [-0.1, -0.05) is 0 Å². The first kappa shape index (κ1) is 16.7. The van der Waals surface area contributed by atoms with Crippen molar-refractivity contribution in [2.24, 2.45) is 0 Å². The quantitative estimate of drug-likeness (QED) is 0.466. The van der Waals surface area contributed by atoms with Gasteiger partial charge < -0.3 is 10.1 Å². The second kappa shape index (κ2) is 7.05. The summed E-state index contributed by atoms with van der Waals surface area (Å²) >= 11 is 0. The standard InChI is InChI=1S/C14H15N3O5S/c1-23(20,21)13-5-3-12(4-6-13)22-9-8-15-14-7-2-11(10-16-14)17(18)19/h2-7,10H,8-9H2,1H3,(H,15,16). The van der Waals surface area contributed by atoms with Crippen LogP contribution in [0.5, 0.6) is 5.75 Å². The Labute approximate surface area is 133 Å². The molecule has 2 aromatic rings. The van der Waals surface area contributed by atoms with E-state index in [0.29, 0.717) is 24.7 Å². The average molecular weight is 337 g/mol. The lowest BCUT2D eigenvalue weighted by Crippen LogP contribution is -2.12. The van der Waals surface area contributed by atoms with Gasteiger partial charge in [-0.3, -0.25) is 10.1 Å². The van der Waals surface area contributed by atoms with Crippen molar-refractivity contribution in [3.63, 3.8) is 0 Å². The number of pyridine rings is 1. The summed E-state index contributed by atoms with van der Waals surface area (Å²) in [5, 5.41) is 13.5. The summed E-state index contributed by atoms with van der Waals surface area (Å²) < 4.78 is 28.1. The van der Waals surface area contributed by atoms with Crippen LogP contribution in [0.4, 0.5) is 11.5 Å². The van der Waals surface area contributed by atoms with Crippen molar-refractivity contribution in [2.45, 2.75) is 4.90 Å². The summed E-state index contributed by atoms with van der Waals surface area (Å²) in [6.07, 6.45) is 2.32. The molecule has 0 atom stereocenters. The second-order valence-corrected chi connectivity index (χ2v) is 6.69. The van der Waals surface area contributed by atoms with Crippen LogP contribution in [0.1, 0.15) is 0 Å². The number of nitro groups is 1. The van der Waals surface area contributed by atoms with Crippen LogP contribution in [0, 0.1) is 10.1 Å². The van der Waals surface area contributed by atoms with E-state index in [-0.39, 0.29) is 10.6 Å². The van der Waals surface area contributed by atoms with Gasteiger partial charge in [-0.15, -0.1) is 0 Å². The molecule has 2 rings (SSSR count). The van der Waals surface area contributed by atoms with Gasteiger partial charge in [0.2, 0.25) is 0 Å². The first-order valence-electron chi connectivity index (χ1n) is 6.63. The van der Waals surface area contributed by atoms with Gasteiger partial charge in [0.25, 0.3) is 5.69 Å². The largest absolute Gasteiger partial charge is 0.492 e. The van der Waals surface area contributed by atoms with Crippen LogP contribution in [0.2, 0.25) is 0 Å². The Balaban J connectivity index is 1.80. The van der Waals surface area contributed by atoms with E-state index in [9.17, 15) is 18.5 Å². The van der Waals surface area contributed by atoms with Crippen LogP contribution in [-0.4, -0.2) is 37.7 Å². The molecular formula is C14H15N3O5S. The molecule has 0 saturated carbocycles. The highest BCUT2D eigenvalue weighted by Crippen LogP contribution is 2.16. The van der Waals surface area contributed by atoms with Gasteiger partial charge >= 0.3 is 0 Å². The maximum Gasteiger partial charge on any atom is 0.287 e. The van der Waals surface area contributed by atoms with Crippen molar-refractivity contribution in [2.75, 3.05) is 24.7 Å². The van der Waals surface area contributed by atoms with Crippen molar-refractivity contribution in [3.8, 4) is 5.75 Å². The number of hydrogen-bond acceptors (Lipinski definition) is 7. The number of nitrogens with zero attached hydrogens (tertiary/aromatic N) is 2. The third-order valence-electron chi connectivity index (χ3n) is 2.89. The Morgan fingerprint density at radius 1 is 1.22 bits per heavy atom. The molecule has 1 aromatic carbocycles. The molecule has 0 radical (unpaired) electrons. The monoisotopic (exact) mass is 337 g/mol. The lowest BCUT2D eigenvalue weighted by atomic mass is 10.3. The SMILES string of the molecule is CS(=O)(=O)c1ccc(OCCNc2ccc([N+](=O)[O-])cn2)cc1. The molecule has 0 fully saturated rings. The first-order chi connectivity index (χ1) is 10.9. The minimum Gasteiger partial charge on any atom is -0.492 e. The lowest BCUT2D eigenvalue weighted by Gasteiger charge is -2.08. The van der Waals surface area contributed by atoms with Crippen LogP contribution >= 0.6 is 0 Å². The highest BCUT2D eigenvalue weighted by atomic mass is 32.2. The van der Waals surface area contributed by atoms with E-state index in [4.69, 9.17) is 4.74 Å². The molecule has 0 spiro atoms. The zero-order chi connectivity index (χ0) is 16.9. The van der Waals surface area contributed by atoms with E-state index >= 15 is 0 Å². The lowest BCUT2D eigenvalue weighted by molar-refractivity contribution is -0.385. The first-order valence-corrected chi connectivity index (χ1v) is 8.52. The number of benzene rings is 1. The summed E-state index contributed by atoms with van der Waals surface area (Å²) in [5.41, 5.74) is -0.0715. The smallest absolute Gasteiger partial charge is 0.287 e. The zero-order valence-electron chi connectivity index (χ0n) is 12.3. The Bertz CT molecular complexity index is 773. The molecule has 0 bridgehead atoms. The highest BCUT2D eigenvalue weighted by molar-refractivity contribution is 7.90. The van der Waals surface area contributed by atoms with Crippen LogP contribution in [0.25, 0.3) is 0 Å². The predicted molar refractivity (Wildman–Crippen MR) is 84.4 cm³/mol. The van der Waals surface area contributed by atoms with Gasteiger partial charge in [0.15, 0.2) is 9.84 Å². The Morgan fingerprint density at radius 2 is 1.91 bits per heavy atom. The molecule has 0 saturated heterocycles. The number of anilines is 1. The van der Waals surface area contributed by atoms with Crippen LogP contribution in [0.15, 0.2) is 47.5 Å². The van der Waals surface area contributed by atoms with Gasteiger partial charge in [0.1, 0.15) is 24.4 Å². The predicted octanol–water partition coefficient (Wildman–Crippen LogP) is 1.88. The Morgan fingerprint density at radius 3 is 2.43 bits per heavy atom. The van der Waals surface area contributed by atoms with Crippen LogP contribution < -0.4 is 10.1 Å². The summed E-state index contributed by atoms with van der Waals surface area (Å²) in [6, 6.07) is 9.01. The molecular weight excluding hydrogens is 322 g/mol. The van der Waals surface area contributed by atoms with Gasteiger partial charge in [-0.25, -0.2) is 13.4 Å². The number of aromatic nitrogens is 1. The Hall–Kier alpha value is -2.68. The molecule has 1 heterocycles. The van der Waals surface area contributed by atoms with Crippen molar-refractivity contribution < 1.29 is 18.1 Å². The van der Waals surface area contributed by atoms with E-state index in [1.807, 2.05) is 0 Å². The van der Waals surface area contributed by atoms with E-state index in [0.717, 1.165) is 6.26 Å². The summed E-state index contributed by atoms with van der Waals surface area (Å²) in [5.74, 6) is 1.06. The summed E-state index contributed by atoms with van der Waals surface area (Å²) in [4.78, 5) is 14.1. The molecule has 0 aliphatic carbocycles. The fourth-order valence-electron chi connectivity index (χ4n) is 1.73. The number of ether oxygens (including phenoxy) is 1. The topological polar surface area (TPSA) is 111 Å². The van der Waals surface area contributed by atoms with Gasteiger partial charge in [-0.2, -0.15) is 0 Å². The van der Waals surface area contributed by atoms with Crippen molar-refractivity contribution in [1.29, 1.82) is 0 Å². The Kier molecular flexibility index (Phi) is 5.12. The van der Waals surface area contributed by atoms with E-state index in [1.54, 1.807) is 12.1 Å². The fourth-order valence-corrected chi connectivity index (χ4v) is 2.36. The number of sulfone groups is 1. The van der Waals surface area contributed by atoms with Gasteiger partial charge in [-0.05, 0) is 30.3 Å². The fraction of sp³-hybridized carbons (Fsp3) is 0.214. The van der Waals surface area contributed by atoms with Crippen LogP contribution in [0.3, 0.4) is 0 Å². The zero-order valence-corrected chi connectivity index (χ0v) is 13.1. The molecule has 23 heavy (non-hydrogen) atoms. The van der Waals surface area contributed by atoms with E-state index in [2.05, 4.69) is 10.3 Å². The molecule has 1 N–H and O–H groups in total. The normalized spacial score (nSPS) is 11.0. The molecule has 1 aromatic heterocycles. The second-order valence-electron chi connectivity index (χ2n) is 4.68. The van der Waals surface area contributed by atoms with Gasteiger partial charge in [0.05, 0.1) is 16.4 Å². The average Bonchev–Trinajstić information content (AvgIpc) is 2.51. The van der Waals surface area contributed by atoms with Crippen molar-refractivity contribution in [3.05, 3.63) is 52.7 Å². The number of nitrogens with one attached hydrogen (secondary N) is 1. The third-order valence-corrected chi connectivity index (χ3v) is 4.02. The number of rotatable bonds is 7. The summed E-state index contributed by atoms with van der Waals surface area (Å²) in [7, 11) is -3.21. The molecule has 8 nitrogen and oxygen atoms in total. The van der Waals surface area contributed by atoms with Crippen molar-refractivity contribution >= 4 is 21.3 Å². The van der Waals surface area contributed by atoms with Gasteiger partial charge in [0, 0.05) is 12.3 Å². The summed E-state index contributed by atoms with van der Waals surface area (Å²) in [6.45, 7) is 0.773. The minimum absolute atomic E-state index is 0.0715. The maximum atomic E-state index is 11.3. The molecule has 0 unspecified atom stereocenters. The molecule has 0 amide bonds. The van der Waals surface area contributed by atoms with Crippen molar-refractivity contribution in [1.82, 2.24) is 4.98 Å². The van der Waals surface area contributed by atoms with E-state index < -0.39 is 14.8 Å². The third kappa shape index (κ3) is 4.92. The number of hydrogen-bond donors (Lipinski definition) is 1. The van der Waals surface area contributed by atoms with Crippen LogP contribution in [-0.2, 0) is 9.84 Å². The minimum atomic E-state index is -3.21. The maximum absolute atomic E-state index is 11.3.